The Morgan fingerprint density at radius 2 is 1.91 bits per heavy atom. The number of benzene rings is 3. The number of para-hydroxylation sites is 1. The van der Waals surface area contributed by atoms with Gasteiger partial charge >= 0.3 is 0 Å². The fourth-order valence-corrected chi connectivity index (χ4v) is 4.39. The summed E-state index contributed by atoms with van der Waals surface area (Å²) in [5.41, 5.74) is 7.46. The Balaban J connectivity index is 1.63. The molecule has 0 spiro atoms. The highest BCUT2D eigenvalue weighted by molar-refractivity contribution is 14.1. The van der Waals surface area contributed by atoms with E-state index >= 15 is 0 Å². The van der Waals surface area contributed by atoms with Crippen LogP contribution in [0, 0.1) is 10.5 Å². The molecular weight excluding hydrogens is 581 g/mol. The maximum atomic E-state index is 12.7. The average molecular weight is 602 g/mol. The Kier molecular flexibility index (Phi) is 6.95. The number of aromatic nitrogens is 1. The summed E-state index contributed by atoms with van der Waals surface area (Å²) in [7, 11) is 1.54. The van der Waals surface area contributed by atoms with Gasteiger partial charge in [-0.15, -0.1) is 0 Å². The largest absolute Gasteiger partial charge is 0.496 e. The number of nitrogens with one attached hydrogen (secondary N) is 1. The maximum Gasteiger partial charge on any atom is 0.275 e. The van der Waals surface area contributed by atoms with Crippen LogP contribution in [-0.2, 0) is 6.54 Å². The molecule has 1 N–H and O–H groups in total. The number of carbonyl (C=O) groups is 1. The Morgan fingerprint density at radius 1 is 1.16 bits per heavy atom. The minimum absolute atomic E-state index is 0.334. The fourth-order valence-electron chi connectivity index (χ4n) is 3.67. The number of rotatable bonds is 6. The number of amides is 1. The number of hydrogen-bond acceptors (Lipinski definition) is 3. The molecule has 5 nitrogen and oxygen atoms in total. The zero-order valence-electron chi connectivity index (χ0n) is 17.6. The van der Waals surface area contributed by atoms with E-state index in [-0.39, 0.29) is 5.91 Å². The van der Waals surface area contributed by atoms with E-state index in [1.807, 2.05) is 18.2 Å². The van der Waals surface area contributed by atoms with E-state index in [0.29, 0.717) is 11.3 Å². The minimum atomic E-state index is -0.334. The first-order valence-corrected chi connectivity index (χ1v) is 11.8. The Hall–Kier alpha value is -2.65. The second-order valence-electron chi connectivity index (χ2n) is 7.27. The summed E-state index contributed by atoms with van der Waals surface area (Å²) in [5, 5.41) is 5.35. The predicted molar refractivity (Wildman–Crippen MR) is 141 cm³/mol. The van der Waals surface area contributed by atoms with Crippen LogP contribution in [0.5, 0.6) is 5.75 Å². The van der Waals surface area contributed by atoms with Gasteiger partial charge in [0.05, 0.1) is 18.9 Å². The second-order valence-corrected chi connectivity index (χ2v) is 9.43. The summed E-state index contributed by atoms with van der Waals surface area (Å²) in [4.78, 5) is 12.7. The van der Waals surface area contributed by atoms with Crippen LogP contribution < -0.4 is 10.2 Å². The molecule has 3 aromatic carbocycles. The van der Waals surface area contributed by atoms with E-state index in [4.69, 9.17) is 4.74 Å². The van der Waals surface area contributed by atoms with Gasteiger partial charge in [0, 0.05) is 36.7 Å². The van der Waals surface area contributed by atoms with Crippen molar-refractivity contribution in [3.05, 3.63) is 97.2 Å². The van der Waals surface area contributed by atoms with Crippen molar-refractivity contribution >= 4 is 61.5 Å². The first-order chi connectivity index (χ1) is 15.5. The van der Waals surface area contributed by atoms with E-state index < -0.39 is 0 Å². The van der Waals surface area contributed by atoms with Crippen molar-refractivity contribution in [1.82, 2.24) is 9.99 Å². The molecule has 32 heavy (non-hydrogen) atoms. The molecule has 0 saturated heterocycles. The SMILES string of the molecule is COc1ccc(Br)cc1C(=O)N/N=C\c1c(C)n(Cc2ccc(I)cc2)c2ccccc12. The highest BCUT2D eigenvalue weighted by atomic mass is 127. The third-order valence-corrected chi connectivity index (χ3v) is 6.51. The van der Waals surface area contributed by atoms with Crippen LogP contribution in [0.15, 0.2) is 76.3 Å². The van der Waals surface area contributed by atoms with Crippen LogP contribution in [0.25, 0.3) is 10.9 Å². The topological polar surface area (TPSA) is 55.6 Å². The molecule has 0 radical (unpaired) electrons. The lowest BCUT2D eigenvalue weighted by atomic mass is 10.1. The fraction of sp³-hybridized carbons (Fsp3) is 0.120. The zero-order valence-corrected chi connectivity index (χ0v) is 21.3. The molecule has 0 atom stereocenters. The lowest BCUT2D eigenvalue weighted by molar-refractivity contribution is 0.0952. The van der Waals surface area contributed by atoms with Crippen LogP contribution in [-0.4, -0.2) is 23.8 Å². The van der Waals surface area contributed by atoms with E-state index in [0.717, 1.165) is 33.2 Å². The summed E-state index contributed by atoms with van der Waals surface area (Å²) in [6, 6.07) is 22.0. The lowest BCUT2D eigenvalue weighted by Gasteiger charge is -2.09. The van der Waals surface area contributed by atoms with Crippen LogP contribution >= 0.6 is 38.5 Å². The molecular formula is C25H21BrIN3O2. The number of carbonyl (C=O) groups excluding carboxylic acids is 1. The quantitative estimate of drug-likeness (QED) is 0.164. The average Bonchev–Trinajstić information content (AvgIpc) is 3.06. The van der Waals surface area contributed by atoms with Crippen LogP contribution in [0.2, 0.25) is 0 Å². The molecule has 0 aliphatic heterocycles. The number of nitrogens with zero attached hydrogens (tertiary/aromatic N) is 2. The summed E-state index contributed by atoms with van der Waals surface area (Å²) in [6.45, 7) is 2.84. The predicted octanol–water partition coefficient (Wildman–Crippen LogP) is 6.14. The van der Waals surface area contributed by atoms with Gasteiger partial charge in [-0.1, -0.05) is 46.3 Å². The van der Waals surface area contributed by atoms with E-state index in [2.05, 4.69) is 96.9 Å². The standard InChI is InChI=1S/C25H21BrIN3O2/c1-16-22(14-28-29-25(31)21-13-18(26)9-12-24(21)32-2)20-5-3-4-6-23(20)30(16)15-17-7-10-19(27)11-8-17/h3-14H,15H2,1-2H3,(H,29,31)/b28-14-. The summed E-state index contributed by atoms with van der Waals surface area (Å²) in [6.07, 6.45) is 1.71. The van der Waals surface area contributed by atoms with Crippen LogP contribution in [0.1, 0.15) is 27.2 Å². The van der Waals surface area contributed by atoms with Gasteiger partial charge in [-0.3, -0.25) is 4.79 Å². The van der Waals surface area contributed by atoms with Gasteiger partial charge in [-0.2, -0.15) is 5.10 Å². The van der Waals surface area contributed by atoms with Gasteiger partial charge in [-0.25, -0.2) is 5.43 Å². The maximum absolute atomic E-state index is 12.7. The Labute approximate surface area is 208 Å². The van der Waals surface area contributed by atoms with E-state index in [9.17, 15) is 4.79 Å². The van der Waals surface area contributed by atoms with Crippen LogP contribution in [0.4, 0.5) is 0 Å². The van der Waals surface area contributed by atoms with Crippen molar-refractivity contribution in [2.75, 3.05) is 7.11 Å². The van der Waals surface area contributed by atoms with Gasteiger partial charge < -0.3 is 9.30 Å². The van der Waals surface area contributed by atoms with Gasteiger partial charge in [0.2, 0.25) is 0 Å². The molecule has 0 aliphatic carbocycles. The minimum Gasteiger partial charge on any atom is -0.496 e. The highest BCUT2D eigenvalue weighted by Crippen LogP contribution is 2.26. The number of hydrazone groups is 1. The van der Waals surface area contributed by atoms with Gasteiger partial charge in [0.15, 0.2) is 0 Å². The van der Waals surface area contributed by atoms with E-state index in [1.165, 1.54) is 16.2 Å². The number of methoxy groups -OCH3 is 1. The molecule has 7 heteroatoms. The first kappa shape index (κ1) is 22.5. The molecule has 1 aromatic heterocycles. The highest BCUT2D eigenvalue weighted by Gasteiger charge is 2.14. The molecule has 1 heterocycles. The van der Waals surface area contributed by atoms with Gasteiger partial charge in [0.25, 0.3) is 5.91 Å². The Bertz CT molecular complexity index is 1310. The Morgan fingerprint density at radius 3 is 2.66 bits per heavy atom. The summed E-state index contributed by atoms with van der Waals surface area (Å²) >= 11 is 5.71. The van der Waals surface area contributed by atoms with Crippen molar-refractivity contribution in [2.24, 2.45) is 5.10 Å². The molecule has 4 aromatic rings. The normalized spacial score (nSPS) is 11.2. The molecule has 0 unspecified atom stereocenters. The summed E-state index contributed by atoms with van der Waals surface area (Å²) < 4.78 is 9.58. The van der Waals surface area contributed by atoms with Crippen molar-refractivity contribution < 1.29 is 9.53 Å². The number of hydrogen-bond donors (Lipinski definition) is 1. The van der Waals surface area contributed by atoms with E-state index in [1.54, 1.807) is 18.3 Å². The third kappa shape index (κ3) is 4.73. The molecule has 0 aliphatic rings. The third-order valence-electron chi connectivity index (χ3n) is 5.30. The number of fused-ring (bicyclic) bond motifs is 1. The van der Waals surface area contributed by atoms with Crippen molar-refractivity contribution in [3.63, 3.8) is 0 Å². The second kappa shape index (κ2) is 9.87. The van der Waals surface area contributed by atoms with Gasteiger partial charge in [0.1, 0.15) is 5.75 Å². The van der Waals surface area contributed by atoms with Crippen molar-refractivity contribution in [1.29, 1.82) is 0 Å². The van der Waals surface area contributed by atoms with Crippen LogP contribution in [0.3, 0.4) is 0 Å². The number of halogens is 2. The van der Waals surface area contributed by atoms with Crippen molar-refractivity contribution in [2.45, 2.75) is 13.5 Å². The molecule has 1 amide bonds. The lowest BCUT2D eigenvalue weighted by Crippen LogP contribution is -2.18. The molecule has 0 saturated carbocycles. The number of ether oxygens (including phenoxy) is 1. The monoisotopic (exact) mass is 601 g/mol. The van der Waals surface area contributed by atoms with Crippen molar-refractivity contribution in [3.8, 4) is 5.75 Å². The summed E-state index contributed by atoms with van der Waals surface area (Å²) in [5.74, 6) is 0.158. The smallest absolute Gasteiger partial charge is 0.275 e. The molecule has 0 fully saturated rings. The zero-order chi connectivity index (χ0) is 22.7. The first-order valence-electron chi connectivity index (χ1n) is 9.97. The van der Waals surface area contributed by atoms with Gasteiger partial charge in [-0.05, 0) is 71.5 Å². The molecule has 162 valence electrons. The molecule has 4 rings (SSSR count). The molecule has 0 bridgehead atoms.